The smallest absolute Gasteiger partial charge is 0.347 e. The first-order valence-corrected chi connectivity index (χ1v) is 6.71. The molecule has 3 aromatic rings. The van der Waals surface area contributed by atoms with E-state index in [9.17, 15) is 4.79 Å². The molecule has 0 aliphatic heterocycles. The van der Waals surface area contributed by atoms with Crippen molar-refractivity contribution < 1.29 is 0 Å². The van der Waals surface area contributed by atoms with E-state index in [4.69, 9.17) is 5.73 Å². The normalized spacial score (nSPS) is 10.7. The molecule has 0 spiro atoms. The van der Waals surface area contributed by atoms with Gasteiger partial charge in [0.15, 0.2) is 0 Å². The number of hydrogen-bond donors (Lipinski definition) is 2. The Bertz CT molecular complexity index is 815. The molecule has 0 amide bonds. The van der Waals surface area contributed by atoms with Crippen molar-refractivity contribution >= 4 is 5.69 Å². The minimum absolute atomic E-state index is 0.238. The second kappa shape index (κ2) is 5.28. The zero-order valence-electron chi connectivity index (χ0n) is 11.7. The largest absolute Gasteiger partial charge is 0.399 e. The lowest BCUT2D eigenvalue weighted by Crippen LogP contribution is -2.17. The Morgan fingerprint density at radius 1 is 1.19 bits per heavy atom. The number of nitrogens with two attached hydrogens (primary N) is 1. The molecule has 0 fully saturated rings. The number of hydrogen-bond acceptors (Lipinski definition) is 3. The van der Waals surface area contributed by atoms with Crippen LogP contribution in [0.5, 0.6) is 0 Å². The average molecular weight is 280 g/mol. The predicted octanol–water partition coefficient (Wildman–Crippen LogP) is 2.04. The zero-order valence-corrected chi connectivity index (χ0v) is 11.7. The summed E-state index contributed by atoms with van der Waals surface area (Å²) >= 11 is 0. The summed E-state index contributed by atoms with van der Waals surface area (Å²) in [7, 11) is 0. The number of rotatable bonds is 3. The summed E-state index contributed by atoms with van der Waals surface area (Å²) in [6.07, 6.45) is 0.539. The van der Waals surface area contributed by atoms with E-state index < -0.39 is 0 Å². The van der Waals surface area contributed by atoms with E-state index in [1.165, 1.54) is 0 Å². The molecule has 5 heteroatoms. The minimum Gasteiger partial charge on any atom is -0.399 e. The van der Waals surface area contributed by atoms with Gasteiger partial charge in [-0.3, -0.25) is 0 Å². The highest BCUT2D eigenvalue weighted by atomic mass is 16.1. The maximum absolute atomic E-state index is 12.0. The number of benzene rings is 2. The summed E-state index contributed by atoms with van der Waals surface area (Å²) < 4.78 is 1.59. The van der Waals surface area contributed by atoms with Gasteiger partial charge < -0.3 is 5.73 Å². The number of aromatic amines is 1. The first-order chi connectivity index (χ1) is 10.1. The lowest BCUT2D eigenvalue weighted by Gasteiger charge is -2.06. The number of nitrogens with one attached hydrogen (secondary N) is 1. The van der Waals surface area contributed by atoms with Gasteiger partial charge in [0.1, 0.15) is 5.82 Å². The maximum atomic E-state index is 12.0. The third kappa shape index (κ3) is 2.72. The van der Waals surface area contributed by atoms with Crippen LogP contribution in [0.1, 0.15) is 17.0 Å². The van der Waals surface area contributed by atoms with Crippen molar-refractivity contribution in [2.24, 2.45) is 0 Å². The third-order valence-electron chi connectivity index (χ3n) is 3.35. The minimum atomic E-state index is -0.238. The van der Waals surface area contributed by atoms with Crippen molar-refractivity contribution in [3.05, 3.63) is 76.0 Å². The van der Waals surface area contributed by atoms with Crippen molar-refractivity contribution in [1.82, 2.24) is 14.8 Å². The molecular formula is C16H16N4O. The summed E-state index contributed by atoms with van der Waals surface area (Å²) in [6.45, 7) is 2.01. The quantitative estimate of drug-likeness (QED) is 0.721. The van der Waals surface area contributed by atoms with E-state index in [2.05, 4.69) is 10.2 Å². The molecule has 0 saturated heterocycles. The van der Waals surface area contributed by atoms with Crippen LogP contribution in [0.3, 0.4) is 0 Å². The van der Waals surface area contributed by atoms with E-state index in [-0.39, 0.29) is 5.69 Å². The van der Waals surface area contributed by atoms with Crippen molar-refractivity contribution in [3.63, 3.8) is 0 Å². The molecule has 2 aromatic carbocycles. The molecule has 0 saturated carbocycles. The van der Waals surface area contributed by atoms with Gasteiger partial charge in [-0.15, -0.1) is 0 Å². The van der Waals surface area contributed by atoms with Crippen molar-refractivity contribution in [1.29, 1.82) is 0 Å². The molecule has 0 bridgehead atoms. The molecule has 0 atom stereocenters. The number of H-pyrrole nitrogens is 1. The van der Waals surface area contributed by atoms with Crippen LogP contribution in [0.15, 0.2) is 53.3 Å². The number of nitrogens with zero attached hydrogens (tertiary/aromatic N) is 2. The van der Waals surface area contributed by atoms with E-state index in [0.717, 1.165) is 16.8 Å². The fourth-order valence-electron chi connectivity index (χ4n) is 2.29. The Morgan fingerprint density at radius 2 is 1.95 bits per heavy atom. The molecule has 3 N–H and O–H groups in total. The molecule has 0 radical (unpaired) electrons. The summed E-state index contributed by atoms with van der Waals surface area (Å²) in [6, 6.07) is 15.3. The Labute approximate surface area is 122 Å². The zero-order chi connectivity index (χ0) is 14.8. The van der Waals surface area contributed by atoms with Crippen molar-refractivity contribution in [2.45, 2.75) is 13.3 Å². The van der Waals surface area contributed by atoms with Gasteiger partial charge in [-0.05, 0) is 36.8 Å². The van der Waals surface area contributed by atoms with Crippen LogP contribution in [0.2, 0.25) is 0 Å². The number of aryl methyl sites for hydroxylation is 1. The molecule has 5 nitrogen and oxygen atoms in total. The van der Waals surface area contributed by atoms with Gasteiger partial charge in [0, 0.05) is 12.1 Å². The SMILES string of the molecule is Cc1ccc(-n2c(Cc3cccc(N)c3)n[nH]c2=O)cc1. The molecule has 0 unspecified atom stereocenters. The summed E-state index contributed by atoms with van der Waals surface area (Å²) in [5.74, 6) is 0.662. The van der Waals surface area contributed by atoms with Crippen LogP contribution in [0.25, 0.3) is 5.69 Å². The monoisotopic (exact) mass is 280 g/mol. The lowest BCUT2D eigenvalue weighted by molar-refractivity contribution is 0.893. The highest BCUT2D eigenvalue weighted by molar-refractivity contribution is 5.42. The van der Waals surface area contributed by atoms with Crippen LogP contribution in [0.4, 0.5) is 5.69 Å². The van der Waals surface area contributed by atoms with E-state index in [0.29, 0.717) is 17.9 Å². The molecule has 21 heavy (non-hydrogen) atoms. The standard InChI is InChI=1S/C16H16N4O/c1-11-5-7-14(8-6-11)20-15(18-19-16(20)21)10-12-3-2-4-13(17)9-12/h2-9H,10,17H2,1H3,(H,19,21). The van der Waals surface area contributed by atoms with Gasteiger partial charge in [0.05, 0.1) is 5.69 Å². The average Bonchev–Trinajstić information content (AvgIpc) is 2.81. The highest BCUT2D eigenvalue weighted by Gasteiger charge is 2.11. The van der Waals surface area contributed by atoms with Gasteiger partial charge in [-0.1, -0.05) is 29.8 Å². The van der Waals surface area contributed by atoms with E-state index in [1.807, 2.05) is 55.5 Å². The Morgan fingerprint density at radius 3 is 2.67 bits per heavy atom. The summed E-state index contributed by atoms with van der Waals surface area (Å²) in [5.41, 5.74) is 9.22. The fourth-order valence-corrected chi connectivity index (χ4v) is 2.29. The first-order valence-electron chi connectivity index (χ1n) is 6.71. The van der Waals surface area contributed by atoms with Gasteiger partial charge >= 0.3 is 5.69 Å². The molecule has 1 aromatic heterocycles. The van der Waals surface area contributed by atoms with Crippen LogP contribution < -0.4 is 11.4 Å². The maximum Gasteiger partial charge on any atom is 0.347 e. The predicted molar refractivity (Wildman–Crippen MR) is 82.6 cm³/mol. The topological polar surface area (TPSA) is 76.7 Å². The van der Waals surface area contributed by atoms with Gasteiger partial charge in [0.2, 0.25) is 0 Å². The van der Waals surface area contributed by atoms with E-state index >= 15 is 0 Å². The van der Waals surface area contributed by atoms with E-state index in [1.54, 1.807) is 4.57 Å². The number of anilines is 1. The lowest BCUT2D eigenvalue weighted by atomic mass is 10.1. The van der Waals surface area contributed by atoms with Gasteiger partial charge in [-0.25, -0.2) is 14.5 Å². The number of nitrogen functional groups attached to an aromatic ring is 1. The molecule has 0 aliphatic carbocycles. The second-order valence-corrected chi connectivity index (χ2v) is 5.04. The van der Waals surface area contributed by atoms with Crippen LogP contribution in [0, 0.1) is 6.92 Å². The fraction of sp³-hybridized carbons (Fsp3) is 0.125. The van der Waals surface area contributed by atoms with Gasteiger partial charge in [0.25, 0.3) is 0 Å². The van der Waals surface area contributed by atoms with Crippen LogP contribution >= 0.6 is 0 Å². The third-order valence-corrected chi connectivity index (χ3v) is 3.35. The van der Waals surface area contributed by atoms with Crippen molar-refractivity contribution in [3.8, 4) is 5.69 Å². The Balaban J connectivity index is 2.01. The molecular weight excluding hydrogens is 264 g/mol. The Hall–Kier alpha value is -2.82. The highest BCUT2D eigenvalue weighted by Crippen LogP contribution is 2.14. The summed E-state index contributed by atoms with van der Waals surface area (Å²) in [5, 5.41) is 6.64. The molecule has 106 valence electrons. The van der Waals surface area contributed by atoms with Crippen LogP contribution in [-0.4, -0.2) is 14.8 Å². The summed E-state index contributed by atoms with van der Waals surface area (Å²) in [4.78, 5) is 12.0. The van der Waals surface area contributed by atoms with Gasteiger partial charge in [-0.2, -0.15) is 5.10 Å². The van der Waals surface area contributed by atoms with Crippen molar-refractivity contribution in [2.75, 3.05) is 5.73 Å². The first kappa shape index (κ1) is 13.2. The molecule has 0 aliphatic rings. The number of aromatic nitrogens is 3. The van der Waals surface area contributed by atoms with Crippen LogP contribution in [-0.2, 0) is 6.42 Å². The molecule has 3 rings (SSSR count). The molecule has 1 heterocycles. The Kier molecular flexibility index (Phi) is 3.31. The second-order valence-electron chi connectivity index (χ2n) is 5.04.